The van der Waals surface area contributed by atoms with Crippen molar-refractivity contribution in [2.75, 3.05) is 6.26 Å². The number of thioether (sulfide) groups is 2. The van der Waals surface area contributed by atoms with Crippen LogP contribution < -0.4 is 5.43 Å². The molecule has 2 aromatic carbocycles. The fraction of sp³-hybridized carbons (Fsp3) is 0.158. The van der Waals surface area contributed by atoms with E-state index in [1.165, 1.54) is 4.90 Å². The first-order chi connectivity index (χ1) is 13.2. The number of aromatic nitrogens is 3. The van der Waals surface area contributed by atoms with Crippen LogP contribution in [0.25, 0.3) is 0 Å². The average Bonchev–Trinajstić information content (AvgIpc) is 3.12. The van der Waals surface area contributed by atoms with Gasteiger partial charge in [0.2, 0.25) is 0 Å². The van der Waals surface area contributed by atoms with Gasteiger partial charge in [0, 0.05) is 23.3 Å². The second kappa shape index (κ2) is 9.38. The van der Waals surface area contributed by atoms with Crippen molar-refractivity contribution in [1.29, 1.82) is 0 Å². The highest BCUT2D eigenvalue weighted by atomic mass is 32.2. The molecule has 0 radical (unpaired) electrons. The third-order valence-electron chi connectivity index (χ3n) is 3.75. The topological polar surface area (TPSA) is 72.2 Å². The summed E-state index contributed by atoms with van der Waals surface area (Å²) in [6, 6.07) is 15.4. The summed E-state index contributed by atoms with van der Waals surface area (Å²) in [5.74, 6) is 0.526. The lowest BCUT2D eigenvalue weighted by Gasteiger charge is -2.03. The second-order valence-electron chi connectivity index (χ2n) is 5.68. The molecule has 1 heterocycles. The molecule has 0 unspecified atom stereocenters. The monoisotopic (exact) mass is 397 g/mol. The third-order valence-corrected chi connectivity index (χ3v) is 5.60. The summed E-state index contributed by atoms with van der Waals surface area (Å²) in [5, 5.41) is 12.8. The Morgan fingerprint density at radius 3 is 2.56 bits per heavy atom. The molecule has 3 rings (SSSR count). The zero-order chi connectivity index (χ0) is 19.1. The first-order valence-electron chi connectivity index (χ1n) is 8.19. The van der Waals surface area contributed by atoms with Gasteiger partial charge in [-0.05, 0) is 41.6 Å². The van der Waals surface area contributed by atoms with Crippen LogP contribution in [0.1, 0.15) is 21.5 Å². The zero-order valence-corrected chi connectivity index (χ0v) is 16.6. The van der Waals surface area contributed by atoms with E-state index in [1.807, 2.05) is 54.3 Å². The van der Waals surface area contributed by atoms with Crippen LogP contribution in [0.15, 0.2) is 70.0 Å². The van der Waals surface area contributed by atoms with Gasteiger partial charge in [-0.3, -0.25) is 4.79 Å². The van der Waals surface area contributed by atoms with E-state index < -0.39 is 0 Å². The van der Waals surface area contributed by atoms with Crippen molar-refractivity contribution in [1.82, 2.24) is 20.2 Å². The highest BCUT2D eigenvalue weighted by Gasteiger charge is 2.06. The second-order valence-corrected chi connectivity index (χ2v) is 7.50. The summed E-state index contributed by atoms with van der Waals surface area (Å²) in [6.07, 6.45) is 5.34. The van der Waals surface area contributed by atoms with Crippen LogP contribution >= 0.6 is 23.5 Å². The number of aryl methyl sites for hydroxylation is 1. The fourth-order valence-corrected chi connectivity index (χ4v) is 3.48. The summed E-state index contributed by atoms with van der Waals surface area (Å²) in [4.78, 5) is 13.4. The van der Waals surface area contributed by atoms with Gasteiger partial charge in [-0.2, -0.15) is 5.10 Å². The molecule has 1 amide bonds. The van der Waals surface area contributed by atoms with Gasteiger partial charge < -0.3 is 4.57 Å². The molecule has 1 N–H and O–H groups in total. The standard InChI is InChI=1S/C19H19N5OS2/c1-24-13-21-23-19(24)27-12-15-3-7-16(8-4-15)18(25)22-20-11-14-5-9-17(26-2)10-6-14/h3-11,13H,12H2,1-2H3,(H,22,25)/b20-11+. The fourth-order valence-electron chi connectivity index (χ4n) is 2.22. The maximum absolute atomic E-state index is 12.2. The van der Waals surface area contributed by atoms with E-state index in [0.29, 0.717) is 5.56 Å². The maximum Gasteiger partial charge on any atom is 0.271 e. The van der Waals surface area contributed by atoms with Crippen molar-refractivity contribution in [3.63, 3.8) is 0 Å². The lowest BCUT2D eigenvalue weighted by atomic mass is 10.1. The highest BCUT2D eigenvalue weighted by molar-refractivity contribution is 7.98. The first-order valence-corrected chi connectivity index (χ1v) is 10.4. The Morgan fingerprint density at radius 1 is 1.19 bits per heavy atom. The van der Waals surface area contributed by atoms with Crippen molar-refractivity contribution < 1.29 is 4.79 Å². The lowest BCUT2D eigenvalue weighted by molar-refractivity contribution is 0.0955. The molecular formula is C19H19N5OS2. The number of carbonyl (C=O) groups excluding carboxylic acids is 1. The summed E-state index contributed by atoms with van der Waals surface area (Å²) >= 11 is 3.28. The Labute approximate surface area is 166 Å². The molecule has 0 saturated carbocycles. The number of hydrogen-bond donors (Lipinski definition) is 1. The van der Waals surface area contributed by atoms with Gasteiger partial charge in [0.05, 0.1) is 6.21 Å². The number of amides is 1. The van der Waals surface area contributed by atoms with Gasteiger partial charge in [-0.25, -0.2) is 5.43 Å². The van der Waals surface area contributed by atoms with Crippen LogP contribution in [0, 0.1) is 0 Å². The average molecular weight is 398 g/mol. The van der Waals surface area contributed by atoms with Crippen LogP contribution in [0.4, 0.5) is 0 Å². The predicted octanol–water partition coefficient (Wildman–Crippen LogP) is 3.59. The van der Waals surface area contributed by atoms with Gasteiger partial charge in [-0.1, -0.05) is 36.0 Å². The Bertz CT molecular complexity index is 920. The van der Waals surface area contributed by atoms with Crippen LogP contribution in [-0.4, -0.2) is 33.1 Å². The van der Waals surface area contributed by atoms with Gasteiger partial charge in [-0.15, -0.1) is 22.0 Å². The Kier molecular flexibility index (Phi) is 6.67. The van der Waals surface area contributed by atoms with Crippen LogP contribution in [0.3, 0.4) is 0 Å². The van der Waals surface area contributed by atoms with Crippen LogP contribution in [-0.2, 0) is 12.8 Å². The molecule has 0 saturated heterocycles. The SMILES string of the molecule is CSc1ccc(/C=N/NC(=O)c2ccc(CSc3nncn3C)cc2)cc1. The molecule has 138 valence electrons. The molecule has 6 nitrogen and oxygen atoms in total. The van der Waals surface area contributed by atoms with Crippen molar-refractivity contribution >= 4 is 35.6 Å². The summed E-state index contributed by atoms with van der Waals surface area (Å²) < 4.78 is 1.87. The first kappa shape index (κ1) is 19.2. The van der Waals surface area contributed by atoms with Crippen molar-refractivity contribution in [2.45, 2.75) is 15.8 Å². The van der Waals surface area contributed by atoms with E-state index in [1.54, 1.807) is 48.2 Å². The minimum Gasteiger partial charge on any atom is -0.312 e. The van der Waals surface area contributed by atoms with E-state index in [2.05, 4.69) is 20.7 Å². The Balaban J connectivity index is 1.52. The number of rotatable bonds is 7. The largest absolute Gasteiger partial charge is 0.312 e. The number of hydrogen-bond acceptors (Lipinski definition) is 6. The Hall–Kier alpha value is -2.58. The van der Waals surface area contributed by atoms with Crippen molar-refractivity contribution in [2.24, 2.45) is 12.1 Å². The molecule has 0 aliphatic heterocycles. The highest BCUT2D eigenvalue weighted by Crippen LogP contribution is 2.20. The zero-order valence-electron chi connectivity index (χ0n) is 15.0. The molecular weight excluding hydrogens is 378 g/mol. The molecule has 8 heteroatoms. The minimum atomic E-state index is -0.237. The van der Waals surface area contributed by atoms with Crippen molar-refractivity contribution in [3.05, 3.63) is 71.5 Å². The molecule has 0 bridgehead atoms. The lowest BCUT2D eigenvalue weighted by Crippen LogP contribution is -2.17. The predicted molar refractivity (Wildman–Crippen MR) is 110 cm³/mol. The number of nitrogens with one attached hydrogen (secondary N) is 1. The van der Waals surface area contributed by atoms with E-state index >= 15 is 0 Å². The minimum absolute atomic E-state index is 0.237. The summed E-state index contributed by atoms with van der Waals surface area (Å²) in [5.41, 5.74) is 5.17. The summed E-state index contributed by atoms with van der Waals surface area (Å²) in [7, 11) is 1.91. The van der Waals surface area contributed by atoms with Crippen LogP contribution in [0.2, 0.25) is 0 Å². The molecule has 1 aromatic heterocycles. The molecule has 0 aliphatic carbocycles. The third kappa shape index (κ3) is 5.45. The van der Waals surface area contributed by atoms with Gasteiger partial charge in [0.15, 0.2) is 5.16 Å². The van der Waals surface area contributed by atoms with Crippen molar-refractivity contribution in [3.8, 4) is 0 Å². The number of carbonyl (C=O) groups is 1. The van der Waals surface area contributed by atoms with Gasteiger partial charge in [0.25, 0.3) is 5.91 Å². The smallest absolute Gasteiger partial charge is 0.271 e. The van der Waals surface area contributed by atoms with Gasteiger partial charge >= 0.3 is 0 Å². The quantitative estimate of drug-likeness (QED) is 0.375. The molecule has 27 heavy (non-hydrogen) atoms. The summed E-state index contributed by atoms with van der Waals surface area (Å²) in [6.45, 7) is 0. The molecule has 0 aliphatic rings. The van der Waals surface area contributed by atoms with Crippen LogP contribution in [0.5, 0.6) is 0 Å². The number of hydrazone groups is 1. The van der Waals surface area contributed by atoms with E-state index in [0.717, 1.165) is 22.0 Å². The Morgan fingerprint density at radius 2 is 1.93 bits per heavy atom. The normalized spacial score (nSPS) is 11.0. The maximum atomic E-state index is 12.2. The molecule has 3 aromatic rings. The van der Waals surface area contributed by atoms with E-state index in [4.69, 9.17) is 0 Å². The van der Waals surface area contributed by atoms with Gasteiger partial charge in [0.1, 0.15) is 6.33 Å². The number of benzene rings is 2. The molecule has 0 spiro atoms. The molecule has 0 fully saturated rings. The number of nitrogens with zero attached hydrogens (tertiary/aromatic N) is 4. The molecule has 0 atom stereocenters. The van der Waals surface area contributed by atoms with E-state index in [9.17, 15) is 4.79 Å². The van der Waals surface area contributed by atoms with E-state index in [-0.39, 0.29) is 5.91 Å².